The topological polar surface area (TPSA) is 54.9 Å². The van der Waals surface area contributed by atoms with Crippen LogP contribution in [-0.2, 0) is 6.54 Å². The van der Waals surface area contributed by atoms with E-state index in [0.29, 0.717) is 30.0 Å². The Labute approximate surface area is 171 Å². The Morgan fingerprint density at radius 1 is 1.17 bits per heavy atom. The van der Waals surface area contributed by atoms with E-state index in [4.69, 9.17) is 9.47 Å². The average molecular weight is 514 g/mol. The smallest absolute Gasteiger partial charge is 0.191 e. The molecular formula is C17H29BrIN3O2. The summed E-state index contributed by atoms with van der Waals surface area (Å²) in [5.74, 6) is 2.75. The summed E-state index contributed by atoms with van der Waals surface area (Å²) in [6, 6.07) is 4.20. The standard InChI is InChI=1S/C17H28BrN3O2.HI/c1-7-19-17(21-12(4)11(2)3)20-10-13-8-15(22-5)16(23-6)9-14(13)18;/h8-9,11-12H,7,10H2,1-6H3,(H2,19,20,21);1H. The monoisotopic (exact) mass is 513 g/mol. The van der Waals surface area contributed by atoms with Crippen LogP contribution < -0.4 is 20.1 Å². The van der Waals surface area contributed by atoms with E-state index < -0.39 is 0 Å². The van der Waals surface area contributed by atoms with Gasteiger partial charge in [0.15, 0.2) is 17.5 Å². The summed E-state index contributed by atoms with van der Waals surface area (Å²) in [7, 11) is 3.26. The molecular weight excluding hydrogens is 485 g/mol. The zero-order valence-electron chi connectivity index (χ0n) is 15.3. The molecule has 0 spiro atoms. The van der Waals surface area contributed by atoms with Gasteiger partial charge in [-0.25, -0.2) is 4.99 Å². The zero-order valence-corrected chi connectivity index (χ0v) is 19.2. The summed E-state index contributed by atoms with van der Waals surface area (Å²) in [4.78, 5) is 4.67. The van der Waals surface area contributed by atoms with Gasteiger partial charge in [0.1, 0.15) is 0 Å². The summed E-state index contributed by atoms with van der Waals surface area (Å²) < 4.78 is 11.6. The maximum Gasteiger partial charge on any atom is 0.191 e. The number of methoxy groups -OCH3 is 2. The molecule has 7 heteroatoms. The molecule has 138 valence electrons. The number of guanidine groups is 1. The lowest BCUT2D eigenvalue weighted by Crippen LogP contribution is -2.44. The maximum atomic E-state index is 5.36. The minimum absolute atomic E-state index is 0. The second kappa shape index (κ2) is 11.8. The maximum absolute atomic E-state index is 5.36. The lowest BCUT2D eigenvalue weighted by atomic mass is 10.1. The third kappa shape index (κ3) is 7.04. The van der Waals surface area contributed by atoms with Crippen LogP contribution in [0, 0.1) is 5.92 Å². The molecule has 0 amide bonds. The molecule has 2 N–H and O–H groups in total. The molecule has 0 aliphatic rings. The molecule has 0 bridgehead atoms. The molecule has 1 aromatic rings. The number of ether oxygens (including phenoxy) is 2. The molecule has 1 atom stereocenters. The zero-order chi connectivity index (χ0) is 17.4. The number of rotatable bonds is 7. The van der Waals surface area contributed by atoms with Crippen LogP contribution in [0.4, 0.5) is 0 Å². The van der Waals surface area contributed by atoms with E-state index in [-0.39, 0.29) is 24.0 Å². The highest BCUT2D eigenvalue weighted by Gasteiger charge is 2.11. The van der Waals surface area contributed by atoms with E-state index in [1.807, 2.05) is 12.1 Å². The first kappa shape index (κ1) is 23.3. The lowest BCUT2D eigenvalue weighted by Gasteiger charge is -2.20. The Kier molecular flexibility index (Phi) is 11.4. The van der Waals surface area contributed by atoms with Crippen molar-refractivity contribution in [3.05, 3.63) is 22.2 Å². The van der Waals surface area contributed by atoms with E-state index in [9.17, 15) is 0 Å². The Balaban J connectivity index is 0.00000529. The number of benzene rings is 1. The first-order valence-corrected chi connectivity index (χ1v) is 8.67. The van der Waals surface area contributed by atoms with Gasteiger partial charge in [0.25, 0.3) is 0 Å². The van der Waals surface area contributed by atoms with E-state index in [0.717, 1.165) is 22.5 Å². The van der Waals surface area contributed by atoms with Crippen molar-refractivity contribution in [3.8, 4) is 11.5 Å². The Hall–Kier alpha value is -0.700. The van der Waals surface area contributed by atoms with Gasteiger partial charge < -0.3 is 20.1 Å². The van der Waals surface area contributed by atoms with Crippen molar-refractivity contribution in [1.29, 1.82) is 0 Å². The molecule has 24 heavy (non-hydrogen) atoms. The molecule has 1 unspecified atom stereocenters. The number of hydrogen-bond donors (Lipinski definition) is 2. The predicted octanol–water partition coefficient (Wildman–Crippen LogP) is 4.18. The van der Waals surface area contributed by atoms with Gasteiger partial charge in [-0.1, -0.05) is 29.8 Å². The first-order chi connectivity index (χ1) is 10.9. The highest BCUT2D eigenvalue weighted by Crippen LogP contribution is 2.33. The third-order valence-corrected chi connectivity index (χ3v) is 4.41. The molecule has 0 radical (unpaired) electrons. The minimum Gasteiger partial charge on any atom is -0.493 e. The summed E-state index contributed by atoms with van der Waals surface area (Å²) in [5.41, 5.74) is 1.04. The minimum atomic E-state index is 0. The molecule has 0 aromatic heterocycles. The Morgan fingerprint density at radius 2 is 1.75 bits per heavy atom. The van der Waals surface area contributed by atoms with Crippen molar-refractivity contribution in [2.45, 2.75) is 40.3 Å². The number of hydrogen-bond acceptors (Lipinski definition) is 3. The van der Waals surface area contributed by atoms with E-state index in [1.165, 1.54) is 0 Å². The van der Waals surface area contributed by atoms with Crippen LogP contribution in [0.2, 0.25) is 0 Å². The number of halogens is 2. The van der Waals surface area contributed by atoms with Crippen LogP contribution in [0.3, 0.4) is 0 Å². The molecule has 1 rings (SSSR count). The van der Waals surface area contributed by atoms with Gasteiger partial charge in [-0.3, -0.25) is 0 Å². The first-order valence-electron chi connectivity index (χ1n) is 7.88. The van der Waals surface area contributed by atoms with Crippen molar-refractivity contribution < 1.29 is 9.47 Å². The van der Waals surface area contributed by atoms with Gasteiger partial charge in [0, 0.05) is 17.1 Å². The second-order valence-electron chi connectivity index (χ2n) is 5.67. The van der Waals surface area contributed by atoms with Crippen LogP contribution in [-0.4, -0.2) is 32.8 Å². The summed E-state index contributed by atoms with van der Waals surface area (Å²) in [6.45, 7) is 9.95. The fourth-order valence-corrected chi connectivity index (χ4v) is 2.33. The highest BCUT2D eigenvalue weighted by atomic mass is 127. The molecule has 0 aliphatic heterocycles. The SMILES string of the molecule is CCNC(=NCc1cc(OC)c(OC)cc1Br)NC(C)C(C)C.I. The van der Waals surface area contributed by atoms with Gasteiger partial charge in [-0.05, 0) is 37.5 Å². The molecule has 5 nitrogen and oxygen atoms in total. The van der Waals surface area contributed by atoms with Gasteiger partial charge in [-0.15, -0.1) is 24.0 Å². The van der Waals surface area contributed by atoms with Crippen LogP contribution in [0.5, 0.6) is 11.5 Å². The van der Waals surface area contributed by atoms with Crippen molar-refractivity contribution in [2.24, 2.45) is 10.9 Å². The lowest BCUT2D eigenvalue weighted by molar-refractivity contribution is 0.354. The Morgan fingerprint density at radius 3 is 2.25 bits per heavy atom. The van der Waals surface area contributed by atoms with Gasteiger partial charge in [-0.2, -0.15) is 0 Å². The summed E-state index contributed by atoms with van der Waals surface area (Å²) >= 11 is 3.57. The van der Waals surface area contributed by atoms with Crippen LogP contribution >= 0.6 is 39.9 Å². The highest BCUT2D eigenvalue weighted by molar-refractivity contribution is 14.0. The molecule has 0 saturated heterocycles. The summed E-state index contributed by atoms with van der Waals surface area (Å²) in [5, 5.41) is 6.70. The molecule has 0 aliphatic carbocycles. The van der Waals surface area contributed by atoms with Gasteiger partial charge in [0.05, 0.1) is 20.8 Å². The average Bonchev–Trinajstić information content (AvgIpc) is 2.52. The second-order valence-corrected chi connectivity index (χ2v) is 6.53. The molecule has 1 aromatic carbocycles. The number of nitrogens with zero attached hydrogens (tertiary/aromatic N) is 1. The van der Waals surface area contributed by atoms with Crippen LogP contribution in [0.15, 0.2) is 21.6 Å². The quantitative estimate of drug-likeness (QED) is 0.326. The van der Waals surface area contributed by atoms with Crippen LogP contribution in [0.1, 0.15) is 33.3 Å². The number of aliphatic imine (C=N–C) groups is 1. The van der Waals surface area contributed by atoms with Crippen molar-refractivity contribution in [2.75, 3.05) is 20.8 Å². The van der Waals surface area contributed by atoms with E-state index in [2.05, 4.69) is 59.3 Å². The summed E-state index contributed by atoms with van der Waals surface area (Å²) in [6.07, 6.45) is 0. The van der Waals surface area contributed by atoms with Crippen LogP contribution in [0.25, 0.3) is 0 Å². The van der Waals surface area contributed by atoms with Gasteiger partial charge in [0.2, 0.25) is 0 Å². The third-order valence-electron chi connectivity index (χ3n) is 3.67. The normalized spacial score (nSPS) is 12.4. The fourth-order valence-electron chi connectivity index (χ4n) is 1.88. The van der Waals surface area contributed by atoms with Gasteiger partial charge >= 0.3 is 0 Å². The van der Waals surface area contributed by atoms with E-state index in [1.54, 1.807) is 14.2 Å². The predicted molar refractivity (Wildman–Crippen MR) is 115 cm³/mol. The molecule has 0 heterocycles. The molecule has 0 saturated carbocycles. The number of nitrogens with one attached hydrogen (secondary N) is 2. The fraction of sp³-hybridized carbons (Fsp3) is 0.588. The Bertz CT molecular complexity index is 539. The molecule has 0 fully saturated rings. The van der Waals surface area contributed by atoms with Crippen molar-refractivity contribution in [3.63, 3.8) is 0 Å². The van der Waals surface area contributed by atoms with Crippen molar-refractivity contribution in [1.82, 2.24) is 10.6 Å². The van der Waals surface area contributed by atoms with E-state index >= 15 is 0 Å². The largest absolute Gasteiger partial charge is 0.493 e. The van der Waals surface area contributed by atoms with Crippen molar-refractivity contribution >= 4 is 45.9 Å².